The van der Waals surface area contributed by atoms with Gasteiger partial charge in [0.1, 0.15) is 0 Å². The molecule has 0 spiro atoms. The summed E-state index contributed by atoms with van der Waals surface area (Å²) < 4.78 is 0. The lowest BCUT2D eigenvalue weighted by Gasteiger charge is -2.29. The van der Waals surface area contributed by atoms with Crippen molar-refractivity contribution in [2.45, 2.75) is 38.6 Å². The lowest BCUT2D eigenvalue weighted by Crippen LogP contribution is -2.38. The highest BCUT2D eigenvalue weighted by molar-refractivity contribution is 5.79. The smallest absolute Gasteiger partial charge is 0.227 e. The number of aryl methyl sites for hydroxylation is 1. The van der Waals surface area contributed by atoms with Crippen LogP contribution in [0.25, 0.3) is 0 Å². The van der Waals surface area contributed by atoms with Crippen LogP contribution in [0.3, 0.4) is 0 Å². The average molecular weight is 272 g/mol. The lowest BCUT2D eigenvalue weighted by atomic mass is 9.78. The molecule has 1 aliphatic heterocycles. The Balaban J connectivity index is 1.64. The summed E-state index contributed by atoms with van der Waals surface area (Å²) in [5, 5.41) is 0. The van der Waals surface area contributed by atoms with E-state index in [1.807, 2.05) is 17.0 Å². The number of nitrogens with two attached hydrogens (primary N) is 1. The van der Waals surface area contributed by atoms with Gasteiger partial charge in [-0.3, -0.25) is 4.79 Å². The molecule has 2 fully saturated rings. The summed E-state index contributed by atoms with van der Waals surface area (Å²) in [5.74, 6) is 1.43. The van der Waals surface area contributed by atoms with Gasteiger partial charge >= 0.3 is 0 Å². The second-order valence-corrected chi connectivity index (χ2v) is 6.48. The molecule has 2 aliphatic rings. The predicted octanol–water partition coefficient (Wildman–Crippen LogP) is 2.12. The van der Waals surface area contributed by atoms with Crippen molar-refractivity contribution in [1.82, 2.24) is 4.90 Å². The Morgan fingerprint density at radius 3 is 2.95 bits per heavy atom. The second-order valence-electron chi connectivity index (χ2n) is 6.48. The van der Waals surface area contributed by atoms with E-state index in [0.717, 1.165) is 25.1 Å². The molecule has 1 amide bonds. The largest absolute Gasteiger partial charge is 0.342 e. The number of likely N-dealkylation sites (tertiary alicyclic amines) is 1. The maximum atomic E-state index is 12.5. The van der Waals surface area contributed by atoms with Crippen LogP contribution in [-0.4, -0.2) is 29.9 Å². The van der Waals surface area contributed by atoms with Crippen molar-refractivity contribution in [2.24, 2.45) is 17.6 Å². The zero-order valence-electron chi connectivity index (χ0n) is 12.2. The third kappa shape index (κ3) is 2.73. The summed E-state index contributed by atoms with van der Waals surface area (Å²) in [6.45, 7) is 3.86. The van der Waals surface area contributed by atoms with Crippen LogP contribution in [0, 0.1) is 18.8 Å². The highest BCUT2D eigenvalue weighted by Crippen LogP contribution is 2.35. The van der Waals surface area contributed by atoms with Crippen LogP contribution in [0.15, 0.2) is 24.3 Å². The standard InChI is InChI=1S/C17H24N2O/c1-12-4-2-5-13(8-12)9-17(20)19-10-14-6-3-7-16(18)15(14)11-19/h2,4-5,8,14-16H,3,6-7,9-11,18H2,1H3. The number of nitrogens with zero attached hydrogens (tertiary/aromatic N) is 1. The maximum absolute atomic E-state index is 12.5. The number of benzene rings is 1. The summed E-state index contributed by atoms with van der Waals surface area (Å²) in [4.78, 5) is 14.5. The molecule has 2 N–H and O–H groups in total. The molecule has 0 bridgehead atoms. The van der Waals surface area contributed by atoms with Gasteiger partial charge in [-0.15, -0.1) is 0 Å². The molecule has 1 aliphatic carbocycles. The third-order valence-corrected chi connectivity index (χ3v) is 4.94. The molecule has 3 nitrogen and oxygen atoms in total. The summed E-state index contributed by atoms with van der Waals surface area (Å²) in [7, 11) is 0. The van der Waals surface area contributed by atoms with Crippen molar-refractivity contribution in [3.05, 3.63) is 35.4 Å². The number of rotatable bonds is 2. The van der Waals surface area contributed by atoms with Crippen LogP contribution in [0.4, 0.5) is 0 Å². The van der Waals surface area contributed by atoms with Gasteiger partial charge in [-0.2, -0.15) is 0 Å². The van der Waals surface area contributed by atoms with Crippen molar-refractivity contribution in [3.8, 4) is 0 Å². The molecular formula is C17H24N2O. The first-order valence-electron chi connectivity index (χ1n) is 7.72. The van der Waals surface area contributed by atoms with Crippen LogP contribution in [0.1, 0.15) is 30.4 Å². The maximum Gasteiger partial charge on any atom is 0.227 e. The third-order valence-electron chi connectivity index (χ3n) is 4.94. The minimum atomic E-state index is 0.261. The zero-order chi connectivity index (χ0) is 14.1. The van der Waals surface area contributed by atoms with Gasteiger partial charge < -0.3 is 10.6 Å². The van der Waals surface area contributed by atoms with Gasteiger partial charge in [0.25, 0.3) is 0 Å². The monoisotopic (exact) mass is 272 g/mol. The van der Waals surface area contributed by atoms with Crippen molar-refractivity contribution < 1.29 is 4.79 Å². The number of amides is 1. The first kappa shape index (κ1) is 13.6. The van der Waals surface area contributed by atoms with Gasteiger partial charge in [0, 0.05) is 19.1 Å². The van der Waals surface area contributed by atoms with E-state index in [2.05, 4.69) is 19.1 Å². The van der Waals surface area contributed by atoms with Crippen LogP contribution < -0.4 is 5.73 Å². The number of fused-ring (bicyclic) bond motifs is 1. The van der Waals surface area contributed by atoms with E-state index < -0.39 is 0 Å². The zero-order valence-corrected chi connectivity index (χ0v) is 12.2. The van der Waals surface area contributed by atoms with E-state index in [1.165, 1.54) is 18.4 Å². The predicted molar refractivity (Wildman–Crippen MR) is 80.3 cm³/mol. The molecule has 1 heterocycles. The highest BCUT2D eigenvalue weighted by atomic mass is 16.2. The fraction of sp³-hybridized carbons (Fsp3) is 0.588. The molecular weight excluding hydrogens is 248 g/mol. The molecule has 1 saturated heterocycles. The SMILES string of the molecule is Cc1cccc(CC(=O)N2CC3CCCC(N)C3C2)c1. The fourth-order valence-electron chi connectivity index (χ4n) is 3.83. The molecule has 1 aromatic carbocycles. The van der Waals surface area contributed by atoms with Crippen LogP contribution >= 0.6 is 0 Å². The number of hydrogen-bond acceptors (Lipinski definition) is 2. The minimum Gasteiger partial charge on any atom is -0.342 e. The molecule has 1 saturated carbocycles. The Morgan fingerprint density at radius 1 is 1.35 bits per heavy atom. The van der Waals surface area contributed by atoms with Crippen LogP contribution in [0.5, 0.6) is 0 Å². The topological polar surface area (TPSA) is 46.3 Å². The Hall–Kier alpha value is -1.35. The molecule has 3 unspecified atom stereocenters. The first-order valence-corrected chi connectivity index (χ1v) is 7.72. The summed E-state index contributed by atoms with van der Waals surface area (Å²) in [5.41, 5.74) is 8.55. The Morgan fingerprint density at radius 2 is 2.20 bits per heavy atom. The molecule has 3 heteroatoms. The van der Waals surface area contributed by atoms with Crippen molar-refractivity contribution in [3.63, 3.8) is 0 Å². The van der Waals surface area contributed by atoms with Gasteiger partial charge in [0.05, 0.1) is 6.42 Å². The molecule has 0 radical (unpaired) electrons. The Bertz CT molecular complexity index is 500. The molecule has 20 heavy (non-hydrogen) atoms. The molecule has 108 valence electrons. The van der Waals surface area contributed by atoms with E-state index in [4.69, 9.17) is 5.73 Å². The molecule has 3 rings (SSSR count). The van der Waals surface area contributed by atoms with Gasteiger partial charge in [-0.1, -0.05) is 36.2 Å². The summed E-state index contributed by atoms with van der Waals surface area (Å²) >= 11 is 0. The lowest BCUT2D eigenvalue weighted by molar-refractivity contribution is -0.129. The first-order chi connectivity index (χ1) is 9.63. The average Bonchev–Trinajstić information content (AvgIpc) is 2.84. The van der Waals surface area contributed by atoms with Crippen LogP contribution in [0.2, 0.25) is 0 Å². The second kappa shape index (κ2) is 5.57. The summed E-state index contributed by atoms with van der Waals surface area (Å²) in [6.07, 6.45) is 4.12. The Labute approximate surface area is 121 Å². The number of carbonyl (C=O) groups excluding carboxylic acids is 1. The molecule has 0 aromatic heterocycles. The number of hydrogen-bond donors (Lipinski definition) is 1. The van der Waals surface area contributed by atoms with Crippen LogP contribution in [-0.2, 0) is 11.2 Å². The Kier molecular flexibility index (Phi) is 3.79. The molecule has 1 aromatic rings. The fourth-order valence-corrected chi connectivity index (χ4v) is 3.83. The van der Waals surface area contributed by atoms with Gasteiger partial charge in [0.2, 0.25) is 5.91 Å². The van der Waals surface area contributed by atoms with Gasteiger partial charge in [-0.25, -0.2) is 0 Å². The van der Waals surface area contributed by atoms with Gasteiger partial charge in [-0.05, 0) is 37.2 Å². The quantitative estimate of drug-likeness (QED) is 0.896. The van der Waals surface area contributed by atoms with E-state index in [1.54, 1.807) is 0 Å². The summed E-state index contributed by atoms with van der Waals surface area (Å²) in [6, 6.07) is 8.53. The minimum absolute atomic E-state index is 0.261. The van der Waals surface area contributed by atoms with E-state index in [0.29, 0.717) is 24.3 Å². The van der Waals surface area contributed by atoms with Crippen molar-refractivity contribution in [2.75, 3.05) is 13.1 Å². The number of carbonyl (C=O) groups is 1. The van der Waals surface area contributed by atoms with Crippen molar-refractivity contribution in [1.29, 1.82) is 0 Å². The van der Waals surface area contributed by atoms with E-state index in [9.17, 15) is 4.79 Å². The molecule has 3 atom stereocenters. The van der Waals surface area contributed by atoms with Gasteiger partial charge in [0.15, 0.2) is 0 Å². The highest BCUT2D eigenvalue weighted by Gasteiger charge is 2.40. The normalized spacial score (nSPS) is 29.3. The van der Waals surface area contributed by atoms with Crippen molar-refractivity contribution >= 4 is 5.91 Å². The van der Waals surface area contributed by atoms with E-state index >= 15 is 0 Å². The van der Waals surface area contributed by atoms with E-state index in [-0.39, 0.29) is 5.91 Å².